The second-order valence-electron chi connectivity index (χ2n) is 7.18. The molecule has 0 radical (unpaired) electrons. The number of benzene rings is 1. The van der Waals surface area contributed by atoms with E-state index in [-0.39, 0.29) is 24.3 Å². The third-order valence-electron chi connectivity index (χ3n) is 4.27. The molecule has 1 saturated heterocycles. The SMILES string of the molecule is CC(C)(C)C1[C@H](F)[C@H](Oc2ccc(Br)cc2C(N)=O)CCN1C(=O)O. The number of nitrogens with two attached hydrogens (primary N) is 1. The molecule has 0 saturated carbocycles. The van der Waals surface area contributed by atoms with Gasteiger partial charge in [-0.1, -0.05) is 36.7 Å². The number of carbonyl (C=O) groups excluding carboxylic acids is 1. The van der Waals surface area contributed by atoms with E-state index in [1.165, 1.54) is 6.07 Å². The second-order valence-corrected chi connectivity index (χ2v) is 8.10. The quantitative estimate of drug-likeness (QED) is 0.788. The number of carboxylic acid groups (broad SMARTS) is 1. The largest absolute Gasteiger partial charge is 0.486 e. The minimum absolute atomic E-state index is 0.148. The average Bonchev–Trinajstić information content (AvgIpc) is 2.48. The maximum atomic E-state index is 15.2. The fourth-order valence-corrected chi connectivity index (χ4v) is 3.55. The Bertz CT molecular complexity index is 677. The number of alkyl halides is 1. The fraction of sp³-hybridized carbons (Fsp3) is 0.529. The average molecular weight is 417 g/mol. The summed E-state index contributed by atoms with van der Waals surface area (Å²) in [6.07, 6.45) is -3.36. The van der Waals surface area contributed by atoms with Crippen molar-refractivity contribution in [2.75, 3.05) is 6.54 Å². The molecule has 1 aromatic carbocycles. The summed E-state index contributed by atoms with van der Waals surface area (Å²) in [6, 6.07) is 3.88. The summed E-state index contributed by atoms with van der Waals surface area (Å²) in [5.74, 6) is -0.484. The summed E-state index contributed by atoms with van der Waals surface area (Å²) < 4.78 is 21.6. The van der Waals surface area contributed by atoms with Gasteiger partial charge in [-0.15, -0.1) is 0 Å². The monoisotopic (exact) mass is 416 g/mol. The Kier molecular flexibility index (Phi) is 5.61. The first kappa shape index (κ1) is 19.5. The van der Waals surface area contributed by atoms with E-state index in [9.17, 15) is 14.7 Å². The van der Waals surface area contributed by atoms with Crippen LogP contribution in [0.4, 0.5) is 9.18 Å². The van der Waals surface area contributed by atoms with Crippen LogP contribution in [-0.4, -0.2) is 46.9 Å². The molecule has 1 heterocycles. The molecule has 1 unspecified atom stereocenters. The van der Waals surface area contributed by atoms with Gasteiger partial charge in [-0.25, -0.2) is 9.18 Å². The number of hydrogen-bond acceptors (Lipinski definition) is 3. The third kappa shape index (κ3) is 4.23. The summed E-state index contributed by atoms with van der Waals surface area (Å²) in [5.41, 5.74) is 4.90. The lowest BCUT2D eigenvalue weighted by molar-refractivity contribution is -0.0514. The lowest BCUT2D eigenvalue weighted by Crippen LogP contribution is -2.60. The molecule has 2 amide bonds. The first-order chi connectivity index (χ1) is 11.5. The highest BCUT2D eigenvalue weighted by Gasteiger charge is 2.47. The summed E-state index contributed by atoms with van der Waals surface area (Å²) in [6.45, 7) is 5.52. The molecule has 0 spiro atoms. The first-order valence-corrected chi connectivity index (χ1v) is 8.71. The Hall–Kier alpha value is -1.83. The van der Waals surface area contributed by atoms with Gasteiger partial charge in [0.2, 0.25) is 0 Å². The molecule has 1 fully saturated rings. The van der Waals surface area contributed by atoms with Crippen molar-refractivity contribution >= 4 is 27.9 Å². The second kappa shape index (κ2) is 7.19. The predicted octanol–water partition coefficient (Wildman–Crippen LogP) is 3.43. The Morgan fingerprint density at radius 1 is 1.40 bits per heavy atom. The molecule has 3 atom stereocenters. The molecule has 25 heavy (non-hydrogen) atoms. The zero-order chi connectivity index (χ0) is 18.9. The minimum Gasteiger partial charge on any atom is -0.486 e. The number of primary amides is 1. The van der Waals surface area contributed by atoms with Crippen molar-refractivity contribution < 1.29 is 23.8 Å². The molecule has 8 heteroatoms. The Balaban J connectivity index is 2.30. The molecule has 138 valence electrons. The predicted molar refractivity (Wildman–Crippen MR) is 94.6 cm³/mol. The van der Waals surface area contributed by atoms with Crippen LogP contribution in [0, 0.1) is 5.41 Å². The van der Waals surface area contributed by atoms with Crippen molar-refractivity contribution in [2.24, 2.45) is 11.1 Å². The van der Waals surface area contributed by atoms with E-state index in [1.807, 2.05) is 0 Å². The van der Waals surface area contributed by atoms with Gasteiger partial charge in [0.05, 0.1) is 11.6 Å². The number of amides is 2. The summed E-state index contributed by atoms with van der Waals surface area (Å²) in [5, 5.41) is 9.37. The fourth-order valence-electron chi connectivity index (χ4n) is 3.18. The molecule has 1 aliphatic rings. The van der Waals surface area contributed by atoms with Gasteiger partial charge >= 0.3 is 6.09 Å². The van der Waals surface area contributed by atoms with Gasteiger partial charge in [0.15, 0.2) is 6.17 Å². The van der Waals surface area contributed by atoms with E-state index in [1.54, 1.807) is 32.9 Å². The van der Waals surface area contributed by atoms with Crippen molar-refractivity contribution in [3.05, 3.63) is 28.2 Å². The number of ether oxygens (including phenoxy) is 1. The van der Waals surface area contributed by atoms with Crippen LogP contribution in [0.5, 0.6) is 5.75 Å². The van der Waals surface area contributed by atoms with Crippen LogP contribution >= 0.6 is 15.9 Å². The number of nitrogens with zero attached hydrogens (tertiary/aromatic N) is 1. The number of piperidine rings is 1. The van der Waals surface area contributed by atoms with Gasteiger partial charge in [-0.3, -0.25) is 4.79 Å². The maximum Gasteiger partial charge on any atom is 0.407 e. The molecule has 2 rings (SSSR count). The highest BCUT2D eigenvalue weighted by molar-refractivity contribution is 9.10. The van der Waals surface area contributed by atoms with Crippen molar-refractivity contribution in [3.63, 3.8) is 0 Å². The highest BCUT2D eigenvalue weighted by Crippen LogP contribution is 2.36. The highest BCUT2D eigenvalue weighted by atomic mass is 79.9. The maximum absolute atomic E-state index is 15.2. The van der Waals surface area contributed by atoms with E-state index in [4.69, 9.17) is 10.5 Å². The number of carbonyl (C=O) groups is 2. The smallest absolute Gasteiger partial charge is 0.407 e. The van der Waals surface area contributed by atoms with Crippen molar-refractivity contribution in [3.8, 4) is 5.75 Å². The number of likely N-dealkylation sites (tertiary alicyclic amines) is 1. The van der Waals surface area contributed by atoms with E-state index < -0.39 is 35.7 Å². The topological polar surface area (TPSA) is 92.9 Å². The minimum atomic E-state index is -1.53. The Labute approximate surface area is 154 Å². The number of halogens is 2. The zero-order valence-corrected chi connectivity index (χ0v) is 15.9. The van der Waals surface area contributed by atoms with E-state index >= 15 is 4.39 Å². The third-order valence-corrected chi connectivity index (χ3v) is 4.76. The van der Waals surface area contributed by atoms with E-state index in [0.717, 1.165) is 4.90 Å². The summed E-state index contributed by atoms with van der Waals surface area (Å²) in [7, 11) is 0. The zero-order valence-electron chi connectivity index (χ0n) is 14.3. The number of hydrogen-bond donors (Lipinski definition) is 2. The molecular weight excluding hydrogens is 395 g/mol. The van der Waals surface area contributed by atoms with E-state index in [2.05, 4.69) is 15.9 Å². The van der Waals surface area contributed by atoms with Crippen LogP contribution in [0.15, 0.2) is 22.7 Å². The van der Waals surface area contributed by atoms with Gasteiger partial charge in [-0.05, 0) is 23.6 Å². The molecule has 0 aliphatic carbocycles. The molecule has 6 nitrogen and oxygen atoms in total. The summed E-state index contributed by atoms with van der Waals surface area (Å²) in [4.78, 5) is 24.2. The molecule has 1 aliphatic heterocycles. The summed E-state index contributed by atoms with van der Waals surface area (Å²) >= 11 is 3.25. The van der Waals surface area contributed by atoms with Gasteiger partial charge in [0.1, 0.15) is 11.9 Å². The standard InChI is InChI=1S/C17H22BrFN2O4/c1-17(2,3)14-13(19)12(6-7-21(14)16(23)24)25-11-5-4-9(18)8-10(11)15(20)22/h4-5,8,12-14H,6-7H2,1-3H3,(H2,20,22)(H,23,24)/t12-,13-,14?/m1/s1. The van der Waals surface area contributed by atoms with Crippen LogP contribution in [0.3, 0.4) is 0 Å². The lowest BCUT2D eigenvalue weighted by Gasteiger charge is -2.46. The van der Waals surface area contributed by atoms with Crippen LogP contribution in [0.25, 0.3) is 0 Å². The van der Waals surface area contributed by atoms with Crippen molar-refractivity contribution in [1.29, 1.82) is 0 Å². The Morgan fingerprint density at radius 3 is 2.56 bits per heavy atom. The van der Waals surface area contributed by atoms with Crippen LogP contribution in [0.2, 0.25) is 0 Å². The van der Waals surface area contributed by atoms with Crippen LogP contribution < -0.4 is 10.5 Å². The Morgan fingerprint density at radius 2 is 2.04 bits per heavy atom. The van der Waals surface area contributed by atoms with Crippen LogP contribution in [0.1, 0.15) is 37.6 Å². The van der Waals surface area contributed by atoms with Crippen LogP contribution in [-0.2, 0) is 0 Å². The molecule has 3 N–H and O–H groups in total. The number of rotatable bonds is 3. The molecule has 1 aromatic rings. The van der Waals surface area contributed by atoms with Gasteiger partial charge in [-0.2, -0.15) is 0 Å². The van der Waals surface area contributed by atoms with E-state index in [0.29, 0.717) is 4.47 Å². The van der Waals surface area contributed by atoms with Crippen molar-refractivity contribution in [1.82, 2.24) is 4.90 Å². The molecule has 0 aromatic heterocycles. The first-order valence-electron chi connectivity index (χ1n) is 7.92. The van der Waals surface area contributed by atoms with Gasteiger partial charge in [0.25, 0.3) is 5.91 Å². The van der Waals surface area contributed by atoms with Crippen molar-refractivity contribution in [2.45, 2.75) is 45.5 Å². The molecule has 0 bridgehead atoms. The lowest BCUT2D eigenvalue weighted by atomic mass is 9.78. The molecular formula is C17H22BrFN2O4. The normalized spacial score (nSPS) is 24.0. The van der Waals surface area contributed by atoms with Gasteiger partial charge < -0.3 is 20.5 Å². The van der Waals surface area contributed by atoms with Gasteiger partial charge in [0, 0.05) is 17.4 Å².